The fourth-order valence-corrected chi connectivity index (χ4v) is 3.70. The zero-order valence-corrected chi connectivity index (χ0v) is 15.7. The summed E-state index contributed by atoms with van der Waals surface area (Å²) in [6.45, 7) is 2.24. The second kappa shape index (κ2) is 10.1. The third-order valence-corrected chi connectivity index (χ3v) is 5.02. The highest BCUT2D eigenvalue weighted by atomic mass is 35.5. The van der Waals surface area contributed by atoms with E-state index in [2.05, 4.69) is 22.3 Å². The van der Waals surface area contributed by atoms with Gasteiger partial charge in [0.2, 0.25) is 5.91 Å². The smallest absolute Gasteiger partial charge is 0.224 e. The molecule has 6 heteroatoms. The molecule has 0 spiro atoms. The molecule has 1 aliphatic heterocycles. The van der Waals surface area contributed by atoms with E-state index in [-0.39, 0.29) is 36.8 Å². The molecule has 1 heterocycles. The number of halogens is 2. The van der Waals surface area contributed by atoms with Crippen molar-refractivity contribution in [3.05, 3.63) is 24.3 Å². The quantitative estimate of drug-likeness (QED) is 0.838. The summed E-state index contributed by atoms with van der Waals surface area (Å²) < 4.78 is 0. The SMILES string of the molecule is Cl.Cl.NC1CCCCC1CC(=O)Nc1cccc(N2CCCC2)c1. The van der Waals surface area contributed by atoms with Crippen LogP contribution in [-0.4, -0.2) is 25.0 Å². The van der Waals surface area contributed by atoms with Crippen LogP contribution < -0.4 is 16.0 Å². The van der Waals surface area contributed by atoms with Crippen LogP contribution in [-0.2, 0) is 4.79 Å². The van der Waals surface area contributed by atoms with Gasteiger partial charge in [-0.05, 0) is 49.8 Å². The van der Waals surface area contributed by atoms with E-state index in [1.165, 1.54) is 31.4 Å². The Balaban J connectivity index is 0.00000144. The van der Waals surface area contributed by atoms with Crippen LogP contribution in [0.1, 0.15) is 44.9 Å². The van der Waals surface area contributed by atoms with Crippen molar-refractivity contribution < 1.29 is 4.79 Å². The zero-order chi connectivity index (χ0) is 15.4. The highest BCUT2D eigenvalue weighted by molar-refractivity contribution is 5.91. The Bertz CT molecular complexity index is 521. The summed E-state index contributed by atoms with van der Waals surface area (Å²) >= 11 is 0. The number of rotatable bonds is 4. The maximum absolute atomic E-state index is 12.3. The van der Waals surface area contributed by atoms with Gasteiger partial charge < -0.3 is 16.0 Å². The molecule has 4 nitrogen and oxygen atoms in total. The minimum Gasteiger partial charge on any atom is -0.371 e. The van der Waals surface area contributed by atoms with Crippen molar-refractivity contribution in [3.63, 3.8) is 0 Å². The van der Waals surface area contributed by atoms with E-state index in [0.29, 0.717) is 12.3 Å². The number of carbonyl (C=O) groups excluding carboxylic acids is 1. The summed E-state index contributed by atoms with van der Waals surface area (Å²) in [5.41, 5.74) is 8.26. The lowest BCUT2D eigenvalue weighted by molar-refractivity contribution is -0.117. The first-order chi connectivity index (χ1) is 10.7. The summed E-state index contributed by atoms with van der Waals surface area (Å²) in [5, 5.41) is 3.05. The Morgan fingerprint density at radius 3 is 2.54 bits per heavy atom. The number of amides is 1. The van der Waals surface area contributed by atoms with Gasteiger partial charge in [0.15, 0.2) is 0 Å². The van der Waals surface area contributed by atoms with Crippen LogP contribution in [0.4, 0.5) is 11.4 Å². The van der Waals surface area contributed by atoms with E-state index in [4.69, 9.17) is 5.73 Å². The molecule has 3 N–H and O–H groups in total. The molecular weight excluding hydrogens is 345 g/mol. The highest BCUT2D eigenvalue weighted by Gasteiger charge is 2.24. The standard InChI is InChI=1S/C18H27N3O.2ClH/c19-17-9-2-1-6-14(17)12-18(22)20-15-7-5-8-16(13-15)21-10-3-4-11-21;;/h5,7-8,13-14,17H,1-4,6,9-12,19H2,(H,20,22);2*1H. The molecule has 2 aliphatic rings. The Labute approximate surface area is 157 Å². The first-order valence-electron chi connectivity index (χ1n) is 8.63. The third-order valence-electron chi connectivity index (χ3n) is 5.02. The summed E-state index contributed by atoms with van der Waals surface area (Å²) in [6, 6.07) is 8.39. The largest absolute Gasteiger partial charge is 0.371 e. The third kappa shape index (κ3) is 5.54. The Kier molecular flexibility index (Phi) is 8.88. The van der Waals surface area contributed by atoms with Crippen molar-refractivity contribution in [2.45, 2.75) is 51.0 Å². The fourth-order valence-electron chi connectivity index (χ4n) is 3.70. The molecule has 136 valence electrons. The van der Waals surface area contributed by atoms with Crippen LogP contribution in [0.5, 0.6) is 0 Å². The lowest BCUT2D eigenvalue weighted by Gasteiger charge is -2.28. The van der Waals surface area contributed by atoms with E-state index in [1.54, 1.807) is 0 Å². The van der Waals surface area contributed by atoms with Gasteiger partial charge in [0.1, 0.15) is 0 Å². The number of nitrogens with one attached hydrogen (secondary N) is 1. The van der Waals surface area contributed by atoms with E-state index in [1.807, 2.05) is 12.1 Å². The van der Waals surface area contributed by atoms with Crippen LogP contribution in [0.25, 0.3) is 0 Å². The summed E-state index contributed by atoms with van der Waals surface area (Å²) in [4.78, 5) is 14.7. The monoisotopic (exact) mass is 373 g/mol. The highest BCUT2D eigenvalue weighted by Crippen LogP contribution is 2.27. The molecule has 0 radical (unpaired) electrons. The number of nitrogens with two attached hydrogens (primary N) is 1. The van der Waals surface area contributed by atoms with E-state index in [9.17, 15) is 4.79 Å². The number of carbonyl (C=O) groups is 1. The molecule has 1 aromatic rings. The van der Waals surface area contributed by atoms with Gasteiger partial charge in [0.05, 0.1) is 0 Å². The maximum Gasteiger partial charge on any atom is 0.224 e. The first-order valence-corrected chi connectivity index (χ1v) is 8.63. The number of hydrogen-bond donors (Lipinski definition) is 2. The van der Waals surface area contributed by atoms with Crippen LogP contribution in [0.15, 0.2) is 24.3 Å². The van der Waals surface area contributed by atoms with Crippen molar-refractivity contribution in [1.82, 2.24) is 0 Å². The molecular formula is C18H29Cl2N3O. The van der Waals surface area contributed by atoms with Gasteiger partial charge >= 0.3 is 0 Å². The number of benzene rings is 1. The van der Waals surface area contributed by atoms with Crippen molar-refractivity contribution >= 4 is 42.1 Å². The molecule has 1 saturated heterocycles. The normalized spacial score (nSPS) is 23.1. The number of anilines is 2. The average Bonchev–Trinajstić information content (AvgIpc) is 3.04. The summed E-state index contributed by atoms with van der Waals surface area (Å²) in [7, 11) is 0. The van der Waals surface area contributed by atoms with Crippen molar-refractivity contribution in [1.29, 1.82) is 0 Å². The number of hydrogen-bond acceptors (Lipinski definition) is 3. The topological polar surface area (TPSA) is 58.4 Å². The lowest BCUT2D eigenvalue weighted by atomic mass is 9.83. The first kappa shape index (κ1) is 21.1. The van der Waals surface area contributed by atoms with Gasteiger partial charge in [-0.2, -0.15) is 0 Å². The molecule has 2 fully saturated rings. The van der Waals surface area contributed by atoms with E-state index < -0.39 is 0 Å². The van der Waals surface area contributed by atoms with Crippen LogP contribution in [0, 0.1) is 5.92 Å². The molecule has 0 aromatic heterocycles. The molecule has 1 amide bonds. The molecule has 1 aromatic carbocycles. The van der Waals surface area contributed by atoms with Gasteiger partial charge in [0.25, 0.3) is 0 Å². The molecule has 24 heavy (non-hydrogen) atoms. The second-order valence-electron chi connectivity index (χ2n) is 6.71. The van der Waals surface area contributed by atoms with Crippen molar-refractivity contribution in [3.8, 4) is 0 Å². The predicted octanol–water partition coefficient (Wildman–Crippen LogP) is 3.98. The molecule has 2 atom stereocenters. The molecule has 2 unspecified atom stereocenters. The fraction of sp³-hybridized carbons (Fsp3) is 0.611. The molecule has 0 bridgehead atoms. The molecule has 1 aliphatic carbocycles. The van der Waals surface area contributed by atoms with E-state index >= 15 is 0 Å². The van der Waals surface area contributed by atoms with Gasteiger partial charge in [-0.25, -0.2) is 0 Å². The van der Waals surface area contributed by atoms with Crippen LogP contribution in [0.3, 0.4) is 0 Å². The van der Waals surface area contributed by atoms with Crippen LogP contribution >= 0.6 is 24.8 Å². The lowest BCUT2D eigenvalue weighted by Crippen LogP contribution is -2.35. The van der Waals surface area contributed by atoms with Gasteiger partial charge in [-0.15, -0.1) is 24.8 Å². The van der Waals surface area contributed by atoms with Gasteiger partial charge in [-0.3, -0.25) is 4.79 Å². The van der Waals surface area contributed by atoms with Crippen molar-refractivity contribution in [2.75, 3.05) is 23.3 Å². The summed E-state index contributed by atoms with van der Waals surface area (Å²) in [5.74, 6) is 0.441. The summed E-state index contributed by atoms with van der Waals surface area (Å²) in [6.07, 6.45) is 7.62. The Morgan fingerprint density at radius 2 is 1.83 bits per heavy atom. The Morgan fingerprint density at radius 1 is 1.12 bits per heavy atom. The number of nitrogens with zero attached hydrogens (tertiary/aromatic N) is 1. The maximum atomic E-state index is 12.3. The van der Waals surface area contributed by atoms with Crippen molar-refractivity contribution in [2.24, 2.45) is 11.7 Å². The molecule has 1 saturated carbocycles. The minimum atomic E-state index is 0. The second-order valence-corrected chi connectivity index (χ2v) is 6.71. The predicted molar refractivity (Wildman–Crippen MR) is 106 cm³/mol. The minimum absolute atomic E-state index is 0. The van der Waals surface area contributed by atoms with Gasteiger partial charge in [0, 0.05) is 36.9 Å². The van der Waals surface area contributed by atoms with Crippen LogP contribution in [0.2, 0.25) is 0 Å². The average molecular weight is 374 g/mol. The van der Waals surface area contributed by atoms with E-state index in [0.717, 1.165) is 31.6 Å². The zero-order valence-electron chi connectivity index (χ0n) is 14.1. The Hall–Kier alpha value is -0.970. The molecule has 3 rings (SSSR count). The van der Waals surface area contributed by atoms with Gasteiger partial charge in [-0.1, -0.05) is 18.9 Å².